The summed E-state index contributed by atoms with van der Waals surface area (Å²) in [6.07, 6.45) is -4.93. The summed E-state index contributed by atoms with van der Waals surface area (Å²) in [5.74, 6) is -1.12. The van der Waals surface area contributed by atoms with E-state index in [4.69, 9.17) is 5.11 Å². The smallest absolute Gasteiger partial charge is 0.417 e. The van der Waals surface area contributed by atoms with Gasteiger partial charge >= 0.3 is 12.1 Å². The predicted molar refractivity (Wildman–Crippen MR) is 55.1 cm³/mol. The summed E-state index contributed by atoms with van der Waals surface area (Å²) in [5.41, 5.74) is -0.805. The van der Waals surface area contributed by atoms with E-state index in [1.807, 2.05) is 0 Å². The van der Waals surface area contributed by atoms with E-state index in [0.29, 0.717) is 0 Å². The Morgan fingerprint density at radius 3 is 2.50 bits per heavy atom. The van der Waals surface area contributed by atoms with E-state index in [1.54, 1.807) is 0 Å². The third-order valence-corrected chi connectivity index (χ3v) is 2.65. The number of carboxylic acid groups (broad SMARTS) is 1. The maximum atomic E-state index is 12.7. The first-order valence-corrected chi connectivity index (χ1v) is 5.18. The van der Waals surface area contributed by atoms with Gasteiger partial charge in [0.25, 0.3) is 0 Å². The standard InChI is InChI=1S/C10H8BrF3O2/c11-7-3-1-2-6(4-5-8(15)16)9(7)10(12,13)14/h1-3H,4-5H2,(H,15,16). The van der Waals surface area contributed by atoms with Gasteiger partial charge in [-0.2, -0.15) is 13.2 Å². The molecule has 1 N–H and O–H groups in total. The van der Waals surface area contributed by atoms with Crippen LogP contribution in [-0.2, 0) is 17.4 Å². The molecule has 0 amide bonds. The van der Waals surface area contributed by atoms with Gasteiger partial charge in [0.15, 0.2) is 0 Å². The zero-order valence-electron chi connectivity index (χ0n) is 8.01. The topological polar surface area (TPSA) is 37.3 Å². The molecule has 0 radical (unpaired) electrons. The second-order valence-corrected chi connectivity index (χ2v) is 4.02. The Morgan fingerprint density at radius 1 is 1.38 bits per heavy atom. The molecule has 0 heterocycles. The monoisotopic (exact) mass is 296 g/mol. The maximum absolute atomic E-state index is 12.7. The van der Waals surface area contributed by atoms with Crippen LogP contribution >= 0.6 is 15.9 Å². The normalized spacial score (nSPS) is 11.5. The molecule has 1 aromatic rings. The number of hydrogen-bond donors (Lipinski definition) is 1. The number of rotatable bonds is 3. The van der Waals surface area contributed by atoms with E-state index < -0.39 is 17.7 Å². The summed E-state index contributed by atoms with van der Waals surface area (Å²) >= 11 is 2.82. The van der Waals surface area contributed by atoms with E-state index in [1.165, 1.54) is 18.2 Å². The summed E-state index contributed by atoms with van der Waals surface area (Å²) in [6.45, 7) is 0. The van der Waals surface area contributed by atoms with Crippen LogP contribution < -0.4 is 0 Å². The van der Waals surface area contributed by atoms with Crippen molar-refractivity contribution >= 4 is 21.9 Å². The van der Waals surface area contributed by atoms with Crippen LogP contribution in [0.4, 0.5) is 13.2 Å². The van der Waals surface area contributed by atoms with Crippen LogP contribution in [-0.4, -0.2) is 11.1 Å². The van der Waals surface area contributed by atoms with Crippen molar-refractivity contribution in [3.63, 3.8) is 0 Å². The minimum Gasteiger partial charge on any atom is -0.481 e. The molecule has 0 aliphatic carbocycles. The molecule has 6 heteroatoms. The highest BCUT2D eigenvalue weighted by Crippen LogP contribution is 2.37. The van der Waals surface area contributed by atoms with Crippen molar-refractivity contribution < 1.29 is 23.1 Å². The quantitative estimate of drug-likeness (QED) is 0.927. The molecule has 0 spiro atoms. The number of carboxylic acids is 1. The predicted octanol–water partition coefficient (Wildman–Crippen LogP) is 3.49. The number of benzene rings is 1. The highest BCUT2D eigenvalue weighted by atomic mass is 79.9. The lowest BCUT2D eigenvalue weighted by atomic mass is 10.0. The van der Waals surface area contributed by atoms with Crippen LogP contribution in [0.5, 0.6) is 0 Å². The van der Waals surface area contributed by atoms with E-state index in [0.717, 1.165) is 0 Å². The van der Waals surface area contributed by atoms with Crippen LogP contribution in [0.3, 0.4) is 0 Å². The molecule has 1 rings (SSSR count). The number of aliphatic carboxylic acids is 1. The fraction of sp³-hybridized carbons (Fsp3) is 0.300. The van der Waals surface area contributed by atoms with Gasteiger partial charge in [0, 0.05) is 10.9 Å². The van der Waals surface area contributed by atoms with Crippen LogP contribution in [0.1, 0.15) is 17.5 Å². The van der Waals surface area contributed by atoms with Crippen LogP contribution in [0.2, 0.25) is 0 Å². The van der Waals surface area contributed by atoms with Crippen LogP contribution in [0.25, 0.3) is 0 Å². The lowest BCUT2D eigenvalue weighted by molar-refractivity contribution is -0.140. The molecule has 0 fully saturated rings. The maximum Gasteiger partial charge on any atom is 0.417 e. The molecule has 0 unspecified atom stereocenters. The molecule has 0 atom stereocenters. The second-order valence-electron chi connectivity index (χ2n) is 3.17. The molecule has 0 bridgehead atoms. The van der Waals surface area contributed by atoms with Gasteiger partial charge in [-0.3, -0.25) is 4.79 Å². The van der Waals surface area contributed by atoms with Crippen molar-refractivity contribution in [3.8, 4) is 0 Å². The van der Waals surface area contributed by atoms with E-state index in [2.05, 4.69) is 15.9 Å². The molecule has 0 aliphatic heterocycles. The molecule has 1 aromatic carbocycles. The van der Waals surface area contributed by atoms with Gasteiger partial charge in [-0.1, -0.05) is 28.1 Å². The number of halogens is 4. The third kappa shape index (κ3) is 3.23. The average Bonchev–Trinajstić information content (AvgIpc) is 2.12. The summed E-state index contributed by atoms with van der Waals surface area (Å²) in [7, 11) is 0. The summed E-state index contributed by atoms with van der Waals surface area (Å²) in [6, 6.07) is 4.03. The lowest BCUT2D eigenvalue weighted by Gasteiger charge is -2.13. The van der Waals surface area contributed by atoms with Gasteiger partial charge < -0.3 is 5.11 Å². The Bertz CT molecular complexity index is 402. The highest BCUT2D eigenvalue weighted by molar-refractivity contribution is 9.10. The third-order valence-electron chi connectivity index (χ3n) is 1.99. The number of alkyl halides is 3. The van der Waals surface area contributed by atoms with Gasteiger partial charge in [0.05, 0.1) is 5.56 Å². The Labute approximate surface area is 98.2 Å². The van der Waals surface area contributed by atoms with Crippen LogP contribution in [0.15, 0.2) is 22.7 Å². The van der Waals surface area contributed by atoms with Crippen molar-refractivity contribution in [2.45, 2.75) is 19.0 Å². The largest absolute Gasteiger partial charge is 0.481 e. The average molecular weight is 297 g/mol. The van der Waals surface area contributed by atoms with Gasteiger partial charge in [-0.25, -0.2) is 0 Å². The molecule has 0 saturated carbocycles. The first-order valence-electron chi connectivity index (χ1n) is 4.38. The van der Waals surface area contributed by atoms with Crippen molar-refractivity contribution in [3.05, 3.63) is 33.8 Å². The molecule has 0 aromatic heterocycles. The van der Waals surface area contributed by atoms with E-state index in [-0.39, 0.29) is 22.9 Å². The van der Waals surface area contributed by atoms with Crippen LogP contribution in [0, 0.1) is 0 Å². The molecule has 16 heavy (non-hydrogen) atoms. The van der Waals surface area contributed by atoms with Crippen molar-refractivity contribution in [1.29, 1.82) is 0 Å². The van der Waals surface area contributed by atoms with Gasteiger partial charge in [0.1, 0.15) is 0 Å². The van der Waals surface area contributed by atoms with Gasteiger partial charge in [-0.05, 0) is 18.1 Å². The molecule has 2 nitrogen and oxygen atoms in total. The minimum absolute atomic E-state index is 0.00993. The lowest BCUT2D eigenvalue weighted by Crippen LogP contribution is -2.11. The Hall–Kier alpha value is -1.04. The number of carbonyl (C=O) groups is 1. The van der Waals surface area contributed by atoms with E-state index >= 15 is 0 Å². The fourth-order valence-corrected chi connectivity index (χ4v) is 1.97. The SMILES string of the molecule is O=C(O)CCc1cccc(Br)c1C(F)(F)F. The van der Waals surface area contributed by atoms with Crippen molar-refractivity contribution in [2.75, 3.05) is 0 Å². The molecular formula is C10H8BrF3O2. The number of aryl methyl sites for hydroxylation is 1. The first kappa shape index (κ1) is 13.0. The summed E-state index contributed by atoms with van der Waals surface area (Å²) < 4.78 is 37.9. The molecule has 0 saturated heterocycles. The summed E-state index contributed by atoms with van der Waals surface area (Å²) in [5, 5.41) is 8.44. The zero-order valence-corrected chi connectivity index (χ0v) is 9.60. The van der Waals surface area contributed by atoms with Crippen molar-refractivity contribution in [2.24, 2.45) is 0 Å². The summed E-state index contributed by atoms with van der Waals surface area (Å²) in [4.78, 5) is 10.3. The second kappa shape index (κ2) is 4.86. The Balaban J connectivity index is 3.08. The Morgan fingerprint density at radius 2 is 2.00 bits per heavy atom. The Kier molecular flexibility index (Phi) is 3.96. The fourth-order valence-electron chi connectivity index (χ4n) is 1.34. The van der Waals surface area contributed by atoms with E-state index in [9.17, 15) is 18.0 Å². The molecular weight excluding hydrogens is 289 g/mol. The van der Waals surface area contributed by atoms with Gasteiger partial charge in [-0.15, -0.1) is 0 Å². The van der Waals surface area contributed by atoms with Gasteiger partial charge in [0.2, 0.25) is 0 Å². The number of hydrogen-bond acceptors (Lipinski definition) is 1. The highest BCUT2D eigenvalue weighted by Gasteiger charge is 2.35. The minimum atomic E-state index is -4.48. The van der Waals surface area contributed by atoms with Crippen molar-refractivity contribution in [1.82, 2.24) is 0 Å². The molecule has 88 valence electrons. The first-order chi connectivity index (χ1) is 7.32. The molecule has 0 aliphatic rings. The zero-order chi connectivity index (χ0) is 12.3.